The monoisotopic (exact) mass is 238 g/mol. The van der Waals surface area contributed by atoms with Gasteiger partial charge in [0.25, 0.3) is 0 Å². The molecule has 1 aliphatic heterocycles. The molecule has 0 radical (unpaired) electrons. The van der Waals surface area contributed by atoms with Gasteiger partial charge in [-0.05, 0) is 18.6 Å². The largest absolute Gasteiger partial charge is 0.354 e. The summed E-state index contributed by atoms with van der Waals surface area (Å²) >= 11 is 6.15. The van der Waals surface area contributed by atoms with Crippen LogP contribution in [-0.4, -0.2) is 30.4 Å². The van der Waals surface area contributed by atoms with Gasteiger partial charge in [-0.1, -0.05) is 29.8 Å². The summed E-state index contributed by atoms with van der Waals surface area (Å²) in [5.74, 6) is 0.0881. The van der Waals surface area contributed by atoms with Crippen LogP contribution in [0, 0.1) is 0 Å². The Kier molecular flexibility index (Phi) is 3.46. The predicted octanol–water partition coefficient (Wildman–Crippen LogP) is 1.83. The fourth-order valence-electron chi connectivity index (χ4n) is 2.00. The zero-order valence-corrected chi connectivity index (χ0v) is 10.00. The second-order valence-electron chi connectivity index (χ2n) is 4.02. The molecule has 1 atom stereocenters. The number of nitrogens with one attached hydrogen (secondary N) is 1. The second kappa shape index (κ2) is 4.85. The second-order valence-corrected chi connectivity index (χ2v) is 4.43. The van der Waals surface area contributed by atoms with Gasteiger partial charge in [0.15, 0.2) is 0 Å². The summed E-state index contributed by atoms with van der Waals surface area (Å²) in [4.78, 5) is 13.4. The smallest absolute Gasteiger partial charge is 0.234 e. The van der Waals surface area contributed by atoms with Crippen molar-refractivity contribution in [3.05, 3.63) is 34.9 Å². The molecule has 4 heteroatoms. The van der Waals surface area contributed by atoms with Crippen LogP contribution in [0.2, 0.25) is 5.02 Å². The van der Waals surface area contributed by atoms with Crippen molar-refractivity contribution in [2.24, 2.45) is 0 Å². The van der Waals surface area contributed by atoms with Gasteiger partial charge < -0.3 is 5.32 Å². The summed E-state index contributed by atoms with van der Waals surface area (Å²) in [5, 5.41) is 3.58. The molecule has 0 aromatic heterocycles. The first-order valence-corrected chi connectivity index (χ1v) is 5.81. The Morgan fingerprint density at radius 2 is 2.19 bits per heavy atom. The van der Waals surface area contributed by atoms with E-state index in [-0.39, 0.29) is 11.9 Å². The number of hydrogen-bond donors (Lipinski definition) is 1. The van der Waals surface area contributed by atoms with E-state index < -0.39 is 0 Å². The Labute approximate surface area is 100 Å². The zero-order valence-electron chi connectivity index (χ0n) is 9.24. The molecule has 86 valence electrons. The molecular weight excluding hydrogens is 224 g/mol. The van der Waals surface area contributed by atoms with Gasteiger partial charge in [-0.3, -0.25) is 9.69 Å². The molecule has 1 aliphatic rings. The van der Waals surface area contributed by atoms with Crippen molar-refractivity contribution in [1.82, 2.24) is 10.2 Å². The summed E-state index contributed by atoms with van der Waals surface area (Å²) < 4.78 is 0. The van der Waals surface area contributed by atoms with Crippen LogP contribution in [0.4, 0.5) is 0 Å². The molecule has 0 aliphatic carbocycles. The van der Waals surface area contributed by atoms with Gasteiger partial charge in [-0.25, -0.2) is 0 Å². The van der Waals surface area contributed by atoms with E-state index in [1.165, 1.54) is 0 Å². The third-order valence-corrected chi connectivity index (χ3v) is 3.32. The minimum absolute atomic E-state index is 0.0881. The summed E-state index contributed by atoms with van der Waals surface area (Å²) in [6.07, 6.45) is 0. The molecule has 1 fully saturated rings. The normalized spacial score (nSPS) is 19.2. The Hall–Kier alpha value is -1.06. The maximum atomic E-state index is 11.3. The molecular formula is C12H15ClN2O. The van der Waals surface area contributed by atoms with Crippen molar-refractivity contribution >= 4 is 17.5 Å². The van der Waals surface area contributed by atoms with E-state index in [1.807, 2.05) is 24.3 Å². The molecule has 16 heavy (non-hydrogen) atoms. The maximum Gasteiger partial charge on any atom is 0.234 e. The topological polar surface area (TPSA) is 32.3 Å². The van der Waals surface area contributed by atoms with E-state index in [9.17, 15) is 4.79 Å². The lowest BCUT2D eigenvalue weighted by atomic mass is 10.1. The highest BCUT2D eigenvalue weighted by molar-refractivity contribution is 6.31. The lowest BCUT2D eigenvalue weighted by Crippen LogP contribution is -2.48. The number of carbonyl (C=O) groups excluding carboxylic acids is 1. The van der Waals surface area contributed by atoms with Gasteiger partial charge >= 0.3 is 0 Å². The van der Waals surface area contributed by atoms with Gasteiger partial charge in [-0.15, -0.1) is 0 Å². The van der Waals surface area contributed by atoms with Crippen LogP contribution in [0.15, 0.2) is 24.3 Å². The third-order valence-electron chi connectivity index (χ3n) is 2.97. The predicted molar refractivity (Wildman–Crippen MR) is 64.4 cm³/mol. The lowest BCUT2D eigenvalue weighted by Gasteiger charge is -2.32. The highest BCUT2D eigenvalue weighted by Gasteiger charge is 2.23. The summed E-state index contributed by atoms with van der Waals surface area (Å²) in [5.41, 5.74) is 1.08. The van der Waals surface area contributed by atoms with Crippen LogP contribution in [-0.2, 0) is 4.79 Å². The van der Waals surface area contributed by atoms with E-state index in [0.717, 1.165) is 17.1 Å². The number of nitrogens with zero attached hydrogens (tertiary/aromatic N) is 1. The van der Waals surface area contributed by atoms with Gasteiger partial charge in [0.05, 0.1) is 6.54 Å². The molecule has 1 N–H and O–H groups in total. The van der Waals surface area contributed by atoms with E-state index in [2.05, 4.69) is 17.1 Å². The van der Waals surface area contributed by atoms with Crippen molar-refractivity contribution in [2.45, 2.75) is 13.0 Å². The quantitative estimate of drug-likeness (QED) is 0.853. The van der Waals surface area contributed by atoms with Gasteiger partial charge in [-0.2, -0.15) is 0 Å². The average Bonchev–Trinajstić information content (AvgIpc) is 2.29. The Morgan fingerprint density at radius 3 is 2.88 bits per heavy atom. The molecule has 1 amide bonds. The molecule has 0 unspecified atom stereocenters. The van der Waals surface area contributed by atoms with Crippen molar-refractivity contribution < 1.29 is 4.79 Å². The van der Waals surface area contributed by atoms with Crippen LogP contribution in [0.25, 0.3) is 0 Å². The molecule has 1 heterocycles. The molecule has 0 spiro atoms. The molecule has 1 aromatic carbocycles. The minimum atomic E-state index is 0.0881. The number of rotatable bonds is 2. The van der Waals surface area contributed by atoms with Crippen LogP contribution >= 0.6 is 11.6 Å². The van der Waals surface area contributed by atoms with Crippen LogP contribution in [0.3, 0.4) is 0 Å². The Bertz CT molecular complexity index is 394. The van der Waals surface area contributed by atoms with Crippen molar-refractivity contribution in [2.75, 3.05) is 19.6 Å². The van der Waals surface area contributed by atoms with E-state index in [4.69, 9.17) is 11.6 Å². The number of halogens is 1. The molecule has 2 rings (SSSR count). The van der Waals surface area contributed by atoms with Crippen LogP contribution in [0.1, 0.15) is 18.5 Å². The van der Waals surface area contributed by atoms with Gasteiger partial charge in [0.1, 0.15) is 0 Å². The first-order chi connectivity index (χ1) is 7.68. The molecule has 0 saturated carbocycles. The minimum Gasteiger partial charge on any atom is -0.354 e. The van der Waals surface area contributed by atoms with Gasteiger partial charge in [0, 0.05) is 24.2 Å². The van der Waals surface area contributed by atoms with Gasteiger partial charge in [0.2, 0.25) is 5.91 Å². The summed E-state index contributed by atoms with van der Waals surface area (Å²) in [6, 6.07) is 7.97. The molecule has 3 nitrogen and oxygen atoms in total. The fourth-order valence-corrected chi connectivity index (χ4v) is 2.29. The van der Waals surface area contributed by atoms with Crippen LogP contribution < -0.4 is 5.32 Å². The molecule has 1 saturated heterocycles. The lowest BCUT2D eigenvalue weighted by molar-refractivity contribution is -0.124. The molecule has 0 bridgehead atoms. The maximum absolute atomic E-state index is 11.3. The first-order valence-electron chi connectivity index (χ1n) is 5.43. The number of amides is 1. The molecule has 1 aromatic rings. The fraction of sp³-hybridized carbons (Fsp3) is 0.417. The number of carbonyl (C=O) groups is 1. The van der Waals surface area contributed by atoms with Crippen molar-refractivity contribution in [3.8, 4) is 0 Å². The number of benzene rings is 1. The highest BCUT2D eigenvalue weighted by Crippen LogP contribution is 2.27. The van der Waals surface area contributed by atoms with E-state index >= 15 is 0 Å². The van der Waals surface area contributed by atoms with Crippen LogP contribution in [0.5, 0.6) is 0 Å². The summed E-state index contributed by atoms with van der Waals surface area (Å²) in [7, 11) is 0. The number of hydrogen-bond acceptors (Lipinski definition) is 2. The van der Waals surface area contributed by atoms with E-state index in [1.54, 1.807) is 0 Å². The number of piperazine rings is 1. The SMILES string of the molecule is C[C@@H](c1ccccc1Cl)N1CCNC(=O)C1. The van der Waals surface area contributed by atoms with Crippen molar-refractivity contribution in [1.29, 1.82) is 0 Å². The highest BCUT2D eigenvalue weighted by atomic mass is 35.5. The Balaban J connectivity index is 2.15. The standard InChI is InChI=1S/C12H15ClN2O/c1-9(10-4-2-3-5-11(10)13)15-7-6-14-12(16)8-15/h2-5,9H,6-8H2,1H3,(H,14,16)/t9-/m0/s1. The summed E-state index contributed by atoms with van der Waals surface area (Å²) in [6.45, 7) is 4.12. The van der Waals surface area contributed by atoms with E-state index in [0.29, 0.717) is 13.1 Å². The average molecular weight is 239 g/mol. The zero-order chi connectivity index (χ0) is 11.5. The Morgan fingerprint density at radius 1 is 1.44 bits per heavy atom. The van der Waals surface area contributed by atoms with Crippen molar-refractivity contribution in [3.63, 3.8) is 0 Å². The third kappa shape index (κ3) is 2.36. The first kappa shape index (κ1) is 11.4.